The Morgan fingerprint density at radius 3 is 2.64 bits per heavy atom. The molecule has 1 atom stereocenters. The van der Waals surface area contributed by atoms with E-state index in [0.717, 1.165) is 45.5 Å². The summed E-state index contributed by atoms with van der Waals surface area (Å²) in [5, 5.41) is 0. The van der Waals surface area contributed by atoms with Crippen molar-refractivity contribution in [2.45, 2.75) is 44.1 Å². The van der Waals surface area contributed by atoms with E-state index in [9.17, 15) is 0 Å². The van der Waals surface area contributed by atoms with Crippen molar-refractivity contribution in [2.75, 3.05) is 19.7 Å². The minimum atomic E-state index is 0.0345. The largest absolute Gasteiger partial charge is 0.372 e. The van der Waals surface area contributed by atoms with Gasteiger partial charge in [0.15, 0.2) is 0 Å². The molecule has 2 aliphatic rings. The average molecular weight is 338 g/mol. The van der Waals surface area contributed by atoms with Crippen LogP contribution >= 0.6 is 0 Å². The molecular formula is C21H26N2O2. The summed E-state index contributed by atoms with van der Waals surface area (Å²) in [6.07, 6.45) is 7.24. The number of aromatic nitrogens is 1. The SMILES string of the molecule is c1ccc(CO[C@@H]2COC3(CCN(Cc4cccnc4)CC3)C2)cc1. The highest BCUT2D eigenvalue weighted by atomic mass is 16.6. The van der Waals surface area contributed by atoms with Gasteiger partial charge in [-0.1, -0.05) is 36.4 Å². The predicted molar refractivity (Wildman–Crippen MR) is 97.1 cm³/mol. The van der Waals surface area contributed by atoms with Crippen molar-refractivity contribution in [2.24, 2.45) is 0 Å². The summed E-state index contributed by atoms with van der Waals surface area (Å²) >= 11 is 0. The van der Waals surface area contributed by atoms with E-state index < -0.39 is 0 Å². The van der Waals surface area contributed by atoms with Crippen molar-refractivity contribution in [1.82, 2.24) is 9.88 Å². The minimum Gasteiger partial charge on any atom is -0.372 e. The molecule has 0 bridgehead atoms. The van der Waals surface area contributed by atoms with Crippen molar-refractivity contribution < 1.29 is 9.47 Å². The van der Waals surface area contributed by atoms with E-state index in [-0.39, 0.29) is 11.7 Å². The fourth-order valence-corrected chi connectivity index (χ4v) is 3.91. The van der Waals surface area contributed by atoms with Crippen LogP contribution in [0.25, 0.3) is 0 Å². The first-order valence-corrected chi connectivity index (χ1v) is 9.22. The van der Waals surface area contributed by atoms with Gasteiger partial charge in [-0.3, -0.25) is 9.88 Å². The lowest BCUT2D eigenvalue weighted by Crippen LogP contribution is -2.43. The first-order chi connectivity index (χ1) is 12.3. The first kappa shape index (κ1) is 16.7. The normalized spacial score (nSPS) is 23.1. The smallest absolute Gasteiger partial charge is 0.0840 e. The molecule has 0 saturated carbocycles. The summed E-state index contributed by atoms with van der Waals surface area (Å²) in [6.45, 7) is 4.56. The molecule has 0 amide bonds. The molecule has 2 aliphatic heterocycles. The molecule has 4 nitrogen and oxygen atoms in total. The molecule has 4 heteroatoms. The Balaban J connectivity index is 1.24. The Labute approximate surface area is 149 Å². The van der Waals surface area contributed by atoms with Gasteiger partial charge in [0.05, 0.1) is 24.9 Å². The summed E-state index contributed by atoms with van der Waals surface area (Å²) in [7, 11) is 0. The quantitative estimate of drug-likeness (QED) is 0.837. The van der Waals surface area contributed by atoms with E-state index in [1.165, 1.54) is 11.1 Å². The molecule has 0 N–H and O–H groups in total. The molecule has 3 heterocycles. The highest BCUT2D eigenvalue weighted by Gasteiger charge is 2.43. The number of hydrogen-bond donors (Lipinski definition) is 0. The highest BCUT2D eigenvalue weighted by Crippen LogP contribution is 2.37. The Bertz CT molecular complexity index is 654. The second-order valence-electron chi connectivity index (χ2n) is 7.25. The lowest BCUT2D eigenvalue weighted by Gasteiger charge is -2.38. The number of pyridine rings is 1. The van der Waals surface area contributed by atoms with Crippen LogP contribution in [-0.2, 0) is 22.6 Å². The number of hydrogen-bond acceptors (Lipinski definition) is 4. The van der Waals surface area contributed by atoms with Crippen LogP contribution in [0.5, 0.6) is 0 Å². The third-order valence-electron chi connectivity index (χ3n) is 5.40. The second-order valence-corrected chi connectivity index (χ2v) is 7.25. The molecule has 1 aromatic heterocycles. The number of benzene rings is 1. The van der Waals surface area contributed by atoms with Gasteiger partial charge in [0.1, 0.15) is 0 Å². The van der Waals surface area contributed by atoms with Gasteiger partial charge in [0, 0.05) is 38.4 Å². The van der Waals surface area contributed by atoms with Crippen molar-refractivity contribution >= 4 is 0 Å². The Morgan fingerprint density at radius 1 is 1.08 bits per heavy atom. The maximum Gasteiger partial charge on any atom is 0.0840 e. The summed E-state index contributed by atoms with van der Waals surface area (Å²) in [5.74, 6) is 0. The number of rotatable bonds is 5. The van der Waals surface area contributed by atoms with Crippen molar-refractivity contribution in [1.29, 1.82) is 0 Å². The van der Waals surface area contributed by atoms with Gasteiger partial charge in [0.25, 0.3) is 0 Å². The van der Waals surface area contributed by atoms with Crippen LogP contribution in [-0.4, -0.2) is 41.3 Å². The third kappa shape index (κ3) is 4.27. The maximum atomic E-state index is 6.22. The summed E-state index contributed by atoms with van der Waals surface area (Å²) in [4.78, 5) is 6.71. The van der Waals surface area contributed by atoms with Crippen molar-refractivity contribution in [3.05, 3.63) is 66.0 Å². The van der Waals surface area contributed by atoms with E-state index in [4.69, 9.17) is 9.47 Å². The maximum absolute atomic E-state index is 6.22. The molecule has 2 fully saturated rings. The Kier molecular flexibility index (Phi) is 5.11. The first-order valence-electron chi connectivity index (χ1n) is 9.22. The highest BCUT2D eigenvalue weighted by molar-refractivity contribution is 5.13. The molecule has 1 aromatic carbocycles. The Morgan fingerprint density at radius 2 is 1.88 bits per heavy atom. The fourth-order valence-electron chi connectivity index (χ4n) is 3.91. The zero-order valence-corrected chi connectivity index (χ0v) is 14.6. The number of likely N-dealkylation sites (tertiary alicyclic amines) is 1. The fraction of sp³-hybridized carbons (Fsp3) is 0.476. The molecule has 132 valence electrons. The van der Waals surface area contributed by atoms with Gasteiger partial charge in [-0.05, 0) is 30.0 Å². The van der Waals surface area contributed by atoms with Crippen LogP contribution in [0.2, 0.25) is 0 Å². The van der Waals surface area contributed by atoms with E-state index in [2.05, 4.69) is 40.2 Å². The molecule has 2 saturated heterocycles. The third-order valence-corrected chi connectivity index (χ3v) is 5.40. The molecule has 4 rings (SSSR count). The Hall–Kier alpha value is -1.75. The topological polar surface area (TPSA) is 34.6 Å². The summed E-state index contributed by atoms with van der Waals surface area (Å²) in [6, 6.07) is 14.5. The zero-order valence-electron chi connectivity index (χ0n) is 14.6. The zero-order chi connectivity index (χ0) is 17.0. The van der Waals surface area contributed by atoms with Gasteiger partial charge in [-0.15, -0.1) is 0 Å². The van der Waals surface area contributed by atoms with Crippen LogP contribution < -0.4 is 0 Å². The van der Waals surface area contributed by atoms with E-state index in [0.29, 0.717) is 6.61 Å². The monoisotopic (exact) mass is 338 g/mol. The summed E-state index contributed by atoms with van der Waals surface area (Å²) in [5.41, 5.74) is 2.55. The second kappa shape index (κ2) is 7.65. The average Bonchev–Trinajstić information content (AvgIpc) is 3.07. The lowest BCUT2D eigenvalue weighted by atomic mass is 9.88. The molecule has 0 unspecified atom stereocenters. The molecule has 0 aliphatic carbocycles. The molecule has 0 radical (unpaired) electrons. The summed E-state index contributed by atoms with van der Waals surface area (Å²) < 4.78 is 12.3. The number of ether oxygens (including phenoxy) is 2. The van der Waals surface area contributed by atoms with Gasteiger partial charge in [-0.25, -0.2) is 0 Å². The van der Waals surface area contributed by atoms with Crippen LogP contribution in [0.15, 0.2) is 54.9 Å². The van der Waals surface area contributed by atoms with Crippen LogP contribution in [0, 0.1) is 0 Å². The van der Waals surface area contributed by atoms with Gasteiger partial charge >= 0.3 is 0 Å². The van der Waals surface area contributed by atoms with Crippen molar-refractivity contribution in [3.63, 3.8) is 0 Å². The van der Waals surface area contributed by atoms with E-state index in [1.54, 1.807) is 0 Å². The molecular weight excluding hydrogens is 312 g/mol. The van der Waals surface area contributed by atoms with Gasteiger partial charge < -0.3 is 9.47 Å². The lowest BCUT2D eigenvalue weighted by molar-refractivity contribution is -0.0468. The van der Waals surface area contributed by atoms with Gasteiger partial charge in [-0.2, -0.15) is 0 Å². The number of nitrogens with zero attached hydrogens (tertiary/aromatic N) is 2. The van der Waals surface area contributed by atoms with E-state index in [1.807, 2.05) is 24.5 Å². The molecule has 25 heavy (non-hydrogen) atoms. The van der Waals surface area contributed by atoms with Gasteiger partial charge in [0.2, 0.25) is 0 Å². The standard InChI is InChI=1S/C21H26N2O2/c1-2-5-18(6-3-1)16-24-20-13-21(25-17-20)8-11-23(12-9-21)15-19-7-4-10-22-14-19/h1-7,10,14,20H,8-9,11-13,15-17H2/t20-/m0/s1. The predicted octanol–water partition coefficient (Wildman–Crippen LogP) is 3.42. The van der Waals surface area contributed by atoms with Crippen LogP contribution in [0.3, 0.4) is 0 Å². The van der Waals surface area contributed by atoms with E-state index >= 15 is 0 Å². The van der Waals surface area contributed by atoms with Crippen LogP contribution in [0.1, 0.15) is 30.4 Å². The number of piperidine rings is 1. The van der Waals surface area contributed by atoms with Crippen molar-refractivity contribution in [3.8, 4) is 0 Å². The molecule has 2 aromatic rings. The minimum absolute atomic E-state index is 0.0345. The van der Waals surface area contributed by atoms with Crippen LogP contribution in [0.4, 0.5) is 0 Å². The molecule has 1 spiro atoms.